The zero-order valence-electron chi connectivity index (χ0n) is 12.2. The van der Waals surface area contributed by atoms with E-state index in [1.54, 1.807) is 23.5 Å². The molecule has 116 valence electrons. The van der Waals surface area contributed by atoms with Crippen LogP contribution in [0.4, 0.5) is 5.13 Å². The Morgan fingerprint density at radius 1 is 1.18 bits per heavy atom. The minimum absolute atomic E-state index is 0.0718. The number of phenolic OH excluding ortho intramolecular Hbond substituents is 2. The van der Waals surface area contributed by atoms with Crippen LogP contribution in [0.25, 0.3) is 6.08 Å². The first-order valence-electron chi connectivity index (χ1n) is 7.26. The van der Waals surface area contributed by atoms with Gasteiger partial charge >= 0.3 is 0 Å². The molecule has 1 aliphatic heterocycles. The Morgan fingerprint density at radius 3 is 2.68 bits per heavy atom. The number of hydrogen-bond acceptors (Lipinski definition) is 6. The molecule has 0 fully saturated rings. The van der Waals surface area contributed by atoms with E-state index in [0.29, 0.717) is 5.13 Å². The minimum atomic E-state index is 0.0718. The summed E-state index contributed by atoms with van der Waals surface area (Å²) >= 11 is 1.60. The molecule has 3 rings (SSSR count). The molecule has 0 aliphatic carbocycles. The maximum Gasteiger partial charge on any atom is 0.180 e. The van der Waals surface area contributed by atoms with Crippen molar-refractivity contribution in [1.29, 1.82) is 0 Å². The van der Waals surface area contributed by atoms with Crippen LogP contribution in [0.2, 0.25) is 0 Å². The first kappa shape index (κ1) is 14.9. The number of aromatic hydroxyl groups is 2. The number of fused-ring (bicyclic) bond motifs is 1. The van der Waals surface area contributed by atoms with Crippen LogP contribution < -0.4 is 5.73 Å². The SMILES string of the molecule is Nc1nc2c(s1)CCN(CC=Cc1cc(O)cc(O)c1)CC2. The molecule has 0 spiro atoms. The van der Waals surface area contributed by atoms with E-state index in [1.165, 1.54) is 10.9 Å². The van der Waals surface area contributed by atoms with Gasteiger partial charge in [0.1, 0.15) is 11.5 Å². The summed E-state index contributed by atoms with van der Waals surface area (Å²) in [4.78, 5) is 8.06. The molecule has 1 aliphatic rings. The highest BCUT2D eigenvalue weighted by Gasteiger charge is 2.16. The van der Waals surface area contributed by atoms with Gasteiger partial charge in [-0.05, 0) is 24.1 Å². The summed E-state index contributed by atoms with van der Waals surface area (Å²) in [5, 5.41) is 19.6. The number of hydrogen-bond donors (Lipinski definition) is 3. The minimum Gasteiger partial charge on any atom is -0.508 e. The number of nitrogen functional groups attached to an aromatic ring is 1. The molecule has 0 saturated heterocycles. The predicted octanol–water partition coefficient (Wildman–Crippen LogP) is 2.25. The van der Waals surface area contributed by atoms with Crippen molar-refractivity contribution in [3.63, 3.8) is 0 Å². The molecule has 22 heavy (non-hydrogen) atoms. The summed E-state index contributed by atoms with van der Waals surface area (Å²) in [7, 11) is 0. The van der Waals surface area contributed by atoms with E-state index < -0.39 is 0 Å². The Hall–Kier alpha value is -2.05. The van der Waals surface area contributed by atoms with Crippen molar-refractivity contribution in [1.82, 2.24) is 9.88 Å². The number of anilines is 1. The van der Waals surface area contributed by atoms with E-state index in [0.717, 1.165) is 43.7 Å². The molecule has 0 unspecified atom stereocenters. The third-order valence-corrected chi connectivity index (χ3v) is 4.70. The van der Waals surface area contributed by atoms with Gasteiger partial charge < -0.3 is 15.9 Å². The van der Waals surface area contributed by atoms with Crippen molar-refractivity contribution in [2.45, 2.75) is 12.8 Å². The number of nitrogens with two attached hydrogens (primary N) is 1. The Balaban J connectivity index is 1.58. The molecule has 1 aromatic heterocycles. The number of rotatable bonds is 3. The number of thiazole rings is 1. The number of benzene rings is 1. The Kier molecular flexibility index (Phi) is 4.31. The van der Waals surface area contributed by atoms with Gasteiger partial charge in [-0.3, -0.25) is 4.90 Å². The standard InChI is InChI=1S/C16H19N3O2S/c17-16-18-14-3-6-19(7-4-15(14)22-16)5-1-2-11-8-12(20)10-13(21)9-11/h1-2,8-10,20-21H,3-7H2,(H2,17,18). The van der Waals surface area contributed by atoms with Gasteiger partial charge in [0.15, 0.2) is 5.13 Å². The molecule has 1 aromatic carbocycles. The van der Waals surface area contributed by atoms with Crippen molar-refractivity contribution < 1.29 is 10.2 Å². The second kappa shape index (κ2) is 6.37. The van der Waals surface area contributed by atoms with Gasteiger partial charge in [-0.1, -0.05) is 12.2 Å². The monoisotopic (exact) mass is 317 g/mol. The van der Waals surface area contributed by atoms with Crippen LogP contribution in [0.5, 0.6) is 11.5 Å². The number of nitrogens with zero attached hydrogens (tertiary/aromatic N) is 2. The van der Waals surface area contributed by atoms with E-state index in [2.05, 4.69) is 16.0 Å². The molecular formula is C16H19N3O2S. The first-order chi connectivity index (χ1) is 10.6. The second-order valence-corrected chi connectivity index (χ2v) is 6.52. The largest absolute Gasteiger partial charge is 0.508 e. The highest BCUT2D eigenvalue weighted by Crippen LogP contribution is 2.24. The first-order valence-corrected chi connectivity index (χ1v) is 8.08. The van der Waals surface area contributed by atoms with Gasteiger partial charge in [0, 0.05) is 37.0 Å². The maximum absolute atomic E-state index is 9.46. The van der Waals surface area contributed by atoms with Crippen molar-refractivity contribution in [3.05, 3.63) is 40.4 Å². The van der Waals surface area contributed by atoms with Gasteiger partial charge in [0.25, 0.3) is 0 Å². The van der Waals surface area contributed by atoms with E-state index in [1.807, 2.05) is 6.08 Å². The fourth-order valence-electron chi connectivity index (χ4n) is 2.66. The number of phenols is 2. The molecular weight excluding hydrogens is 298 g/mol. The molecule has 0 atom stereocenters. The summed E-state index contributed by atoms with van der Waals surface area (Å²) in [6.07, 6.45) is 5.89. The van der Waals surface area contributed by atoms with Gasteiger partial charge in [-0.15, -0.1) is 11.3 Å². The van der Waals surface area contributed by atoms with E-state index in [-0.39, 0.29) is 11.5 Å². The summed E-state index contributed by atoms with van der Waals surface area (Å²) in [6, 6.07) is 4.58. The van der Waals surface area contributed by atoms with Crippen molar-refractivity contribution >= 4 is 22.5 Å². The molecule has 0 bridgehead atoms. The average molecular weight is 317 g/mol. The highest BCUT2D eigenvalue weighted by atomic mass is 32.1. The fraction of sp³-hybridized carbons (Fsp3) is 0.312. The van der Waals surface area contributed by atoms with Crippen LogP contribution in [0.3, 0.4) is 0 Å². The molecule has 6 heteroatoms. The predicted molar refractivity (Wildman–Crippen MR) is 89.2 cm³/mol. The lowest BCUT2D eigenvalue weighted by Gasteiger charge is -2.17. The Labute approximate surface area is 133 Å². The zero-order valence-corrected chi connectivity index (χ0v) is 13.0. The topological polar surface area (TPSA) is 82.6 Å². The lowest BCUT2D eigenvalue weighted by molar-refractivity contribution is 0.318. The summed E-state index contributed by atoms with van der Waals surface area (Å²) < 4.78 is 0. The molecule has 0 amide bonds. The van der Waals surface area contributed by atoms with Crippen LogP contribution in [0.1, 0.15) is 16.1 Å². The lowest BCUT2D eigenvalue weighted by Crippen LogP contribution is -2.26. The van der Waals surface area contributed by atoms with Crippen molar-refractivity contribution in [2.24, 2.45) is 0 Å². The van der Waals surface area contributed by atoms with Gasteiger partial charge in [0.2, 0.25) is 0 Å². The molecule has 2 aromatic rings. The molecule has 2 heterocycles. The van der Waals surface area contributed by atoms with Crippen LogP contribution in [0, 0.1) is 0 Å². The van der Waals surface area contributed by atoms with Crippen LogP contribution in [-0.2, 0) is 12.8 Å². The Bertz CT molecular complexity index is 651. The van der Waals surface area contributed by atoms with E-state index >= 15 is 0 Å². The van der Waals surface area contributed by atoms with Gasteiger partial charge in [-0.2, -0.15) is 0 Å². The zero-order chi connectivity index (χ0) is 15.5. The maximum atomic E-state index is 9.46. The van der Waals surface area contributed by atoms with Gasteiger partial charge in [0.05, 0.1) is 5.69 Å². The molecule has 0 radical (unpaired) electrons. The lowest BCUT2D eigenvalue weighted by atomic mass is 10.2. The highest BCUT2D eigenvalue weighted by molar-refractivity contribution is 7.15. The second-order valence-electron chi connectivity index (χ2n) is 5.41. The molecule has 0 saturated carbocycles. The average Bonchev–Trinajstić information content (AvgIpc) is 2.70. The third-order valence-electron chi connectivity index (χ3n) is 3.71. The van der Waals surface area contributed by atoms with Crippen LogP contribution >= 0.6 is 11.3 Å². The molecule has 4 N–H and O–H groups in total. The van der Waals surface area contributed by atoms with Crippen LogP contribution in [0.15, 0.2) is 24.3 Å². The van der Waals surface area contributed by atoms with Crippen molar-refractivity contribution in [2.75, 3.05) is 25.4 Å². The summed E-state index contributed by atoms with van der Waals surface area (Å²) in [5.41, 5.74) is 7.69. The molecule has 5 nitrogen and oxygen atoms in total. The van der Waals surface area contributed by atoms with Crippen LogP contribution in [-0.4, -0.2) is 39.7 Å². The van der Waals surface area contributed by atoms with Gasteiger partial charge in [-0.25, -0.2) is 4.98 Å². The normalized spacial score (nSPS) is 15.8. The van der Waals surface area contributed by atoms with E-state index in [4.69, 9.17) is 5.73 Å². The van der Waals surface area contributed by atoms with Crippen molar-refractivity contribution in [3.8, 4) is 11.5 Å². The number of aromatic nitrogens is 1. The smallest absolute Gasteiger partial charge is 0.180 e. The Morgan fingerprint density at radius 2 is 1.91 bits per heavy atom. The quantitative estimate of drug-likeness (QED) is 0.809. The fourth-order valence-corrected chi connectivity index (χ4v) is 3.53. The summed E-state index contributed by atoms with van der Waals surface area (Å²) in [6.45, 7) is 2.79. The summed E-state index contributed by atoms with van der Waals surface area (Å²) in [5.74, 6) is 0.144. The third kappa shape index (κ3) is 3.58. The van der Waals surface area contributed by atoms with E-state index in [9.17, 15) is 10.2 Å².